The van der Waals surface area contributed by atoms with Crippen LogP contribution in [0.3, 0.4) is 0 Å². The van der Waals surface area contributed by atoms with E-state index in [2.05, 4.69) is 15.4 Å². The number of hydrogen-bond donors (Lipinski definition) is 0. The zero-order valence-corrected chi connectivity index (χ0v) is 12.8. The van der Waals surface area contributed by atoms with Crippen LogP contribution in [0, 0.1) is 11.6 Å². The van der Waals surface area contributed by atoms with Gasteiger partial charge in [-0.25, -0.2) is 8.78 Å². The van der Waals surface area contributed by atoms with Crippen LogP contribution in [-0.4, -0.2) is 26.0 Å². The van der Waals surface area contributed by atoms with Gasteiger partial charge in [0.2, 0.25) is 5.82 Å². The number of carbonyl (C=O) groups excluding carboxylic acids is 1. The van der Waals surface area contributed by atoms with Gasteiger partial charge in [-0.3, -0.25) is 4.79 Å². The minimum absolute atomic E-state index is 0.0753. The van der Waals surface area contributed by atoms with Gasteiger partial charge in [-0.15, -0.1) is 10.2 Å². The maximum absolute atomic E-state index is 13.2. The Hall–Kier alpha value is -3.17. The van der Waals surface area contributed by atoms with Crippen LogP contribution in [0.2, 0.25) is 0 Å². The Labute approximate surface area is 143 Å². The van der Waals surface area contributed by atoms with E-state index in [1.165, 1.54) is 12.1 Å². The van der Waals surface area contributed by atoms with Crippen molar-refractivity contribution in [2.45, 2.75) is 12.7 Å². The van der Waals surface area contributed by atoms with Gasteiger partial charge in [0.15, 0.2) is 17.4 Å². The Morgan fingerprint density at radius 3 is 2.50 bits per heavy atom. The first-order chi connectivity index (χ1) is 12.2. The summed E-state index contributed by atoms with van der Waals surface area (Å²) in [4.78, 5) is 12.9. The van der Waals surface area contributed by atoms with Crippen LogP contribution in [0.1, 0.15) is 15.9 Å². The lowest BCUT2D eigenvalue weighted by Gasteiger charge is -2.06. The maximum atomic E-state index is 13.2. The number of nitrogens with zero attached hydrogens (tertiary/aromatic N) is 4. The number of carbonyl (C=O) groups is 1. The highest BCUT2D eigenvalue weighted by atomic mass is 19.4. The van der Waals surface area contributed by atoms with Gasteiger partial charge in [0, 0.05) is 11.1 Å². The molecule has 0 aliphatic carbocycles. The highest BCUT2D eigenvalue weighted by Crippen LogP contribution is 2.31. The summed E-state index contributed by atoms with van der Waals surface area (Å²) in [6, 6.07) is 6.98. The van der Waals surface area contributed by atoms with Crippen molar-refractivity contribution in [2.75, 3.05) is 0 Å². The summed E-state index contributed by atoms with van der Waals surface area (Å²) < 4.78 is 64.3. The van der Waals surface area contributed by atoms with Gasteiger partial charge in [0.05, 0.1) is 5.56 Å². The van der Waals surface area contributed by atoms with Crippen molar-refractivity contribution in [2.24, 2.45) is 0 Å². The van der Waals surface area contributed by atoms with Crippen LogP contribution in [0.4, 0.5) is 22.0 Å². The highest BCUT2D eigenvalue weighted by molar-refractivity contribution is 5.95. The molecule has 0 fully saturated rings. The number of tetrazole rings is 1. The SMILES string of the molecule is O=C(Cn1nnc(-c2cccc(C(F)(F)F)c2)n1)c1ccc(F)c(F)c1. The lowest BCUT2D eigenvalue weighted by Crippen LogP contribution is -2.13. The number of ketones is 1. The maximum Gasteiger partial charge on any atom is 0.416 e. The van der Waals surface area contributed by atoms with E-state index in [1.54, 1.807) is 0 Å². The molecule has 0 spiro atoms. The van der Waals surface area contributed by atoms with Crippen molar-refractivity contribution in [3.05, 3.63) is 65.2 Å². The first-order valence-electron chi connectivity index (χ1n) is 7.18. The number of Topliss-reactive ketones (excluding diaryl/α,β-unsaturated/α-hetero) is 1. The molecule has 0 saturated carbocycles. The summed E-state index contributed by atoms with van der Waals surface area (Å²) in [5.74, 6) is -2.98. The second-order valence-corrected chi connectivity index (χ2v) is 5.27. The Kier molecular flexibility index (Phi) is 4.49. The number of benzene rings is 2. The lowest BCUT2D eigenvalue weighted by molar-refractivity contribution is -0.137. The minimum Gasteiger partial charge on any atom is -0.292 e. The molecule has 0 aliphatic rings. The molecule has 2 aromatic carbocycles. The molecule has 1 aromatic heterocycles. The minimum atomic E-state index is -4.52. The van der Waals surface area contributed by atoms with Gasteiger partial charge in [0.1, 0.15) is 6.54 Å². The standard InChI is InChI=1S/C16H9F5N4O/c17-12-5-4-9(7-13(12)18)14(26)8-25-23-15(22-24-25)10-2-1-3-11(6-10)16(19,20)21/h1-7H,8H2. The Morgan fingerprint density at radius 1 is 1.04 bits per heavy atom. The van der Waals surface area contributed by atoms with Crippen LogP contribution in [0.5, 0.6) is 0 Å². The molecule has 134 valence electrons. The number of alkyl halides is 3. The molecule has 1 heterocycles. The molecule has 10 heteroatoms. The van der Waals surface area contributed by atoms with E-state index < -0.39 is 35.7 Å². The predicted octanol–water partition coefficient (Wildman–Crippen LogP) is 3.52. The molecule has 3 aromatic rings. The van der Waals surface area contributed by atoms with E-state index in [1.807, 2.05) is 0 Å². The third-order valence-corrected chi connectivity index (χ3v) is 3.43. The van der Waals surface area contributed by atoms with Crippen LogP contribution in [0.15, 0.2) is 42.5 Å². The van der Waals surface area contributed by atoms with E-state index in [-0.39, 0.29) is 17.0 Å². The fourth-order valence-electron chi connectivity index (χ4n) is 2.15. The summed E-state index contributed by atoms with van der Waals surface area (Å²) >= 11 is 0. The molecule has 0 amide bonds. The summed E-state index contributed by atoms with van der Waals surface area (Å²) in [5.41, 5.74) is -0.891. The monoisotopic (exact) mass is 368 g/mol. The quantitative estimate of drug-likeness (QED) is 0.522. The van der Waals surface area contributed by atoms with Gasteiger partial charge in [0.25, 0.3) is 0 Å². The van der Waals surface area contributed by atoms with Gasteiger partial charge in [-0.2, -0.15) is 18.0 Å². The number of hydrogen-bond acceptors (Lipinski definition) is 4. The fraction of sp³-hybridized carbons (Fsp3) is 0.125. The summed E-state index contributed by atoms with van der Waals surface area (Å²) in [6.07, 6.45) is -4.52. The smallest absolute Gasteiger partial charge is 0.292 e. The normalized spacial score (nSPS) is 11.6. The van der Waals surface area contributed by atoms with Crippen LogP contribution < -0.4 is 0 Å². The Morgan fingerprint density at radius 2 is 1.81 bits per heavy atom. The highest BCUT2D eigenvalue weighted by Gasteiger charge is 2.30. The molecular weight excluding hydrogens is 359 g/mol. The molecule has 5 nitrogen and oxygen atoms in total. The second kappa shape index (κ2) is 6.62. The average Bonchev–Trinajstić information content (AvgIpc) is 3.05. The Balaban J connectivity index is 1.80. The molecule has 0 saturated heterocycles. The molecule has 26 heavy (non-hydrogen) atoms. The number of aromatic nitrogens is 4. The van der Waals surface area contributed by atoms with Crippen LogP contribution in [0.25, 0.3) is 11.4 Å². The van der Waals surface area contributed by atoms with Gasteiger partial charge < -0.3 is 0 Å². The predicted molar refractivity (Wildman–Crippen MR) is 78.9 cm³/mol. The summed E-state index contributed by atoms with van der Waals surface area (Å²) in [7, 11) is 0. The van der Waals surface area contributed by atoms with Crippen LogP contribution in [-0.2, 0) is 12.7 Å². The average molecular weight is 368 g/mol. The first-order valence-corrected chi connectivity index (χ1v) is 7.18. The zero-order chi connectivity index (χ0) is 18.9. The van der Waals surface area contributed by atoms with E-state index >= 15 is 0 Å². The molecule has 0 unspecified atom stereocenters. The first kappa shape index (κ1) is 17.6. The summed E-state index contributed by atoms with van der Waals surface area (Å²) in [5, 5.41) is 11.1. The van der Waals surface area contributed by atoms with Crippen molar-refractivity contribution in [3.8, 4) is 11.4 Å². The van der Waals surface area contributed by atoms with Crippen molar-refractivity contribution in [3.63, 3.8) is 0 Å². The molecular formula is C16H9F5N4O. The van der Waals surface area contributed by atoms with E-state index in [9.17, 15) is 26.7 Å². The van der Waals surface area contributed by atoms with Crippen molar-refractivity contribution in [1.82, 2.24) is 20.2 Å². The van der Waals surface area contributed by atoms with Crippen LogP contribution >= 0.6 is 0 Å². The third kappa shape index (κ3) is 3.73. The van der Waals surface area contributed by atoms with E-state index in [0.29, 0.717) is 0 Å². The third-order valence-electron chi connectivity index (χ3n) is 3.43. The molecule has 0 radical (unpaired) electrons. The molecule has 0 bridgehead atoms. The summed E-state index contributed by atoms with van der Waals surface area (Å²) in [6.45, 7) is -0.433. The molecule has 0 N–H and O–H groups in total. The van der Waals surface area contributed by atoms with Gasteiger partial charge in [-0.1, -0.05) is 12.1 Å². The van der Waals surface area contributed by atoms with E-state index in [0.717, 1.165) is 35.1 Å². The zero-order valence-electron chi connectivity index (χ0n) is 12.8. The largest absolute Gasteiger partial charge is 0.416 e. The molecule has 0 atom stereocenters. The van der Waals surface area contributed by atoms with Gasteiger partial charge >= 0.3 is 6.18 Å². The lowest BCUT2D eigenvalue weighted by atomic mass is 10.1. The second-order valence-electron chi connectivity index (χ2n) is 5.27. The fourth-order valence-corrected chi connectivity index (χ4v) is 2.15. The van der Waals surface area contributed by atoms with Crippen molar-refractivity contribution < 1.29 is 26.7 Å². The van der Waals surface area contributed by atoms with Gasteiger partial charge in [-0.05, 0) is 35.5 Å². The molecule has 3 rings (SSSR count). The van der Waals surface area contributed by atoms with E-state index in [4.69, 9.17) is 0 Å². The topological polar surface area (TPSA) is 60.7 Å². The van der Waals surface area contributed by atoms with Crippen molar-refractivity contribution >= 4 is 5.78 Å². The van der Waals surface area contributed by atoms with Crippen molar-refractivity contribution in [1.29, 1.82) is 0 Å². The Bertz CT molecular complexity index is 967. The number of rotatable bonds is 4. The number of halogens is 5. The molecule has 0 aliphatic heterocycles.